The minimum Gasteiger partial charge on any atom is -0.483 e. The standard InChI is InChI=1S/C36H44N2O4/c1-8-16-38-26-17-35(4,5)19-28(39)33(26)32(34-27(38)18-36(6,7)20-29(34)40)24-13-9-10-15-30(24)42-21-31(41)37-25-14-11-12-22(2)23(25)3/h9-15,32H,8,16-21H2,1-7H3,(H,37,41). The minimum atomic E-state index is -0.506. The molecule has 222 valence electrons. The third-order valence-corrected chi connectivity index (χ3v) is 8.94. The molecule has 0 saturated heterocycles. The molecule has 2 aromatic rings. The summed E-state index contributed by atoms with van der Waals surface area (Å²) in [4.78, 5) is 43.3. The molecule has 6 heteroatoms. The molecule has 1 amide bonds. The van der Waals surface area contributed by atoms with Crippen LogP contribution < -0.4 is 10.1 Å². The topological polar surface area (TPSA) is 75.7 Å². The van der Waals surface area contributed by atoms with Gasteiger partial charge in [-0.15, -0.1) is 0 Å². The molecule has 0 saturated carbocycles. The van der Waals surface area contributed by atoms with E-state index in [1.807, 2.05) is 56.3 Å². The van der Waals surface area contributed by atoms with Crippen molar-refractivity contribution in [3.05, 3.63) is 81.7 Å². The number of amides is 1. The van der Waals surface area contributed by atoms with Gasteiger partial charge < -0.3 is 15.0 Å². The van der Waals surface area contributed by atoms with E-state index in [9.17, 15) is 14.4 Å². The van der Waals surface area contributed by atoms with Crippen molar-refractivity contribution in [2.45, 2.75) is 86.5 Å². The fraction of sp³-hybridized carbons (Fsp3) is 0.472. The molecule has 1 aliphatic heterocycles. The van der Waals surface area contributed by atoms with Gasteiger partial charge in [-0.05, 0) is 67.2 Å². The first kappa shape index (κ1) is 29.8. The first-order valence-electron chi connectivity index (χ1n) is 15.2. The molecule has 6 nitrogen and oxygen atoms in total. The van der Waals surface area contributed by atoms with Crippen molar-refractivity contribution in [1.82, 2.24) is 4.90 Å². The van der Waals surface area contributed by atoms with E-state index in [2.05, 4.69) is 44.8 Å². The van der Waals surface area contributed by atoms with Crippen molar-refractivity contribution in [3.63, 3.8) is 0 Å². The predicted octanol–water partition coefficient (Wildman–Crippen LogP) is 7.42. The molecule has 0 atom stereocenters. The summed E-state index contributed by atoms with van der Waals surface area (Å²) < 4.78 is 6.19. The molecule has 0 unspecified atom stereocenters. The number of ketones is 2. The number of benzene rings is 2. The number of nitrogens with zero attached hydrogens (tertiary/aromatic N) is 1. The van der Waals surface area contributed by atoms with Crippen molar-refractivity contribution < 1.29 is 19.1 Å². The highest BCUT2D eigenvalue weighted by atomic mass is 16.5. The smallest absolute Gasteiger partial charge is 0.262 e. The van der Waals surface area contributed by atoms with E-state index < -0.39 is 5.92 Å². The molecule has 3 aliphatic rings. The zero-order chi connectivity index (χ0) is 30.4. The highest BCUT2D eigenvalue weighted by molar-refractivity contribution is 6.07. The fourth-order valence-electron chi connectivity index (χ4n) is 6.92. The lowest BCUT2D eigenvalue weighted by Gasteiger charge is -2.49. The van der Waals surface area contributed by atoms with Crippen molar-refractivity contribution in [3.8, 4) is 5.75 Å². The highest BCUT2D eigenvalue weighted by Gasteiger charge is 2.49. The minimum absolute atomic E-state index is 0.0963. The Hall–Kier alpha value is -3.67. The number of carbonyl (C=O) groups excluding carboxylic acids is 3. The predicted molar refractivity (Wildman–Crippen MR) is 166 cm³/mol. The van der Waals surface area contributed by atoms with E-state index in [0.717, 1.165) is 70.7 Å². The average Bonchev–Trinajstić information content (AvgIpc) is 2.90. The maximum Gasteiger partial charge on any atom is 0.262 e. The Balaban J connectivity index is 1.57. The van der Waals surface area contributed by atoms with Crippen LogP contribution in [0.25, 0.3) is 0 Å². The monoisotopic (exact) mass is 568 g/mol. The Bertz CT molecular complexity index is 1460. The zero-order valence-corrected chi connectivity index (χ0v) is 26.1. The normalized spacial score (nSPS) is 19.9. The molecule has 42 heavy (non-hydrogen) atoms. The molecular formula is C36H44N2O4. The lowest BCUT2D eigenvalue weighted by Crippen LogP contribution is -2.44. The van der Waals surface area contributed by atoms with E-state index in [0.29, 0.717) is 18.6 Å². The van der Waals surface area contributed by atoms with E-state index in [1.54, 1.807) is 0 Å². The van der Waals surface area contributed by atoms with Crippen LogP contribution in [0.15, 0.2) is 65.0 Å². The average molecular weight is 569 g/mol. The summed E-state index contributed by atoms with van der Waals surface area (Å²) in [5.41, 5.74) is 6.87. The molecule has 0 aromatic heterocycles. The lowest BCUT2D eigenvalue weighted by atomic mass is 9.63. The number of para-hydroxylation sites is 1. The van der Waals surface area contributed by atoms with E-state index in [4.69, 9.17) is 4.74 Å². The first-order valence-corrected chi connectivity index (χ1v) is 15.2. The number of Topliss-reactive ketones (excluding diaryl/α,β-unsaturated/α-hetero) is 2. The van der Waals surface area contributed by atoms with Gasteiger partial charge in [-0.1, -0.05) is 65.0 Å². The number of aryl methyl sites for hydroxylation is 1. The molecule has 5 rings (SSSR count). The summed E-state index contributed by atoms with van der Waals surface area (Å²) in [6.45, 7) is 15.3. The Kier molecular flexibility index (Phi) is 7.95. The van der Waals surface area contributed by atoms with Crippen LogP contribution in [0.2, 0.25) is 0 Å². The fourth-order valence-corrected chi connectivity index (χ4v) is 6.92. The van der Waals surface area contributed by atoms with Crippen LogP contribution in [-0.4, -0.2) is 35.5 Å². The van der Waals surface area contributed by atoms with Gasteiger partial charge in [0.25, 0.3) is 5.91 Å². The maximum absolute atomic E-state index is 14.0. The summed E-state index contributed by atoms with van der Waals surface area (Å²) in [6, 6.07) is 13.4. The van der Waals surface area contributed by atoms with Crippen LogP contribution in [0.4, 0.5) is 5.69 Å². The third-order valence-electron chi connectivity index (χ3n) is 8.94. The van der Waals surface area contributed by atoms with Gasteiger partial charge in [0.2, 0.25) is 0 Å². The second-order valence-electron chi connectivity index (χ2n) is 13.8. The molecule has 0 radical (unpaired) electrons. The van der Waals surface area contributed by atoms with Gasteiger partial charge in [0.1, 0.15) is 5.75 Å². The number of hydrogen-bond donors (Lipinski definition) is 1. The second kappa shape index (κ2) is 11.2. The molecule has 0 spiro atoms. The number of hydrogen-bond acceptors (Lipinski definition) is 5. The largest absolute Gasteiger partial charge is 0.483 e. The van der Waals surface area contributed by atoms with Crippen molar-refractivity contribution >= 4 is 23.2 Å². The molecule has 0 fully saturated rings. The van der Waals surface area contributed by atoms with Gasteiger partial charge in [0.05, 0.1) is 0 Å². The lowest BCUT2D eigenvalue weighted by molar-refractivity contribution is -0.120. The van der Waals surface area contributed by atoms with Crippen LogP contribution in [0.1, 0.15) is 89.3 Å². The summed E-state index contributed by atoms with van der Waals surface area (Å²) in [6.07, 6.45) is 3.34. The molecular weight excluding hydrogens is 524 g/mol. The number of ether oxygens (including phenoxy) is 1. The quantitative estimate of drug-likeness (QED) is 0.376. The Morgan fingerprint density at radius 2 is 1.48 bits per heavy atom. The van der Waals surface area contributed by atoms with Crippen LogP contribution >= 0.6 is 0 Å². The first-order chi connectivity index (χ1) is 19.8. The van der Waals surface area contributed by atoms with Gasteiger partial charge in [-0.3, -0.25) is 14.4 Å². The SMILES string of the molecule is CCCN1C2=C(C(=O)CC(C)(C)C2)C(c2ccccc2OCC(=O)Nc2cccc(C)c2C)C2=C1CC(C)(C)CC2=O. The number of nitrogens with one attached hydrogen (secondary N) is 1. The number of rotatable bonds is 7. The number of anilines is 1. The zero-order valence-electron chi connectivity index (χ0n) is 26.1. The Morgan fingerprint density at radius 1 is 0.881 bits per heavy atom. The van der Waals surface area contributed by atoms with E-state index in [1.165, 1.54) is 0 Å². The van der Waals surface area contributed by atoms with Crippen LogP contribution in [-0.2, 0) is 14.4 Å². The number of allylic oxidation sites excluding steroid dienone is 4. The summed E-state index contributed by atoms with van der Waals surface area (Å²) >= 11 is 0. The van der Waals surface area contributed by atoms with Gasteiger partial charge in [0, 0.05) is 59.1 Å². The molecule has 0 bridgehead atoms. The van der Waals surface area contributed by atoms with Gasteiger partial charge in [-0.25, -0.2) is 0 Å². The summed E-state index contributed by atoms with van der Waals surface area (Å²) in [5, 5.41) is 2.97. The molecule has 1 N–H and O–H groups in total. The summed E-state index contributed by atoms with van der Waals surface area (Å²) in [7, 11) is 0. The van der Waals surface area contributed by atoms with E-state index >= 15 is 0 Å². The highest BCUT2D eigenvalue weighted by Crippen LogP contribution is 2.55. The van der Waals surface area contributed by atoms with Crippen LogP contribution in [0, 0.1) is 24.7 Å². The molecule has 2 aliphatic carbocycles. The van der Waals surface area contributed by atoms with Gasteiger partial charge in [-0.2, -0.15) is 0 Å². The third kappa shape index (κ3) is 5.68. The van der Waals surface area contributed by atoms with Crippen molar-refractivity contribution in [2.24, 2.45) is 10.8 Å². The number of carbonyl (C=O) groups is 3. The summed E-state index contributed by atoms with van der Waals surface area (Å²) in [5.74, 6) is -0.0508. The maximum atomic E-state index is 14.0. The van der Waals surface area contributed by atoms with Crippen molar-refractivity contribution in [1.29, 1.82) is 0 Å². The van der Waals surface area contributed by atoms with Crippen molar-refractivity contribution in [2.75, 3.05) is 18.5 Å². The Morgan fingerprint density at radius 3 is 2.07 bits per heavy atom. The van der Waals surface area contributed by atoms with Gasteiger partial charge in [0.15, 0.2) is 18.2 Å². The second-order valence-corrected chi connectivity index (χ2v) is 13.8. The Labute approximate surface area is 250 Å². The van der Waals surface area contributed by atoms with Crippen LogP contribution in [0.5, 0.6) is 5.75 Å². The van der Waals surface area contributed by atoms with Crippen LogP contribution in [0.3, 0.4) is 0 Å². The molecule has 2 aromatic carbocycles. The molecule has 1 heterocycles. The van der Waals surface area contributed by atoms with E-state index in [-0.39, 0.29) is 34.9 Å². The van der Waals surface area contributed by atoms with Gasteiger partial charge >= 0.3 is 0 Å².